The summed E-state index contributed by atoms with van der Waals surface area (Å²) in [6.45, 7) is 0.988. The van der Waals surface area contributed by atoms with E-state index in [-0.39, 0.29) is 0 Å². The fourth-order valence-corrected chi connectivity index (χ4v) is 2.95. The van der Waals surface area contributed by atoms with Crippen molar-refractivity contribution in [3.05, 3.63) is 54.1 Å². The van der Waals surface area contributed by atoms with E-state index in [9.17, 15) is 0 Å². The molecule has 0 saturated heterocycles. The molecule has 2 atom stereocenters. The van der Waals surface area contributed by atoms with Gasteiger partial charge in [0, 0.05) is 30.4 Å². The molecule has 20 heavy (non-hydrogen) atoms. The third-order valence-electron chi connectivity index (χ3n) is 3.98. The van der Waals surface area contributed by atoms with Crippen LogP contribution in [-0.4, -0.2) is 24.4 Å². The number of hydrogen-bond acceptors (Lipinski definition) is 4. The number of allylic oxidation sites excluding steroid dienone is 1. The minimum atomic E-state index is 0.385. The van der Waals surface area contributed by atoms with E-state index in [1.165, 1.54) is 11.1 Å². The van der Waals surface area contributed by atoms with E-state index in [2.05, 4.69) is 32.8 Å². The Kier molecular flexibility index (Phi) is 3.92. The van der Waals surface area contributed by atoms with Gasteiger partial charge in [0.05, 0.1) is 0 Å². The Morgan fingerprint density at radius 2 is 2.45 bits per heavy atom. The largest absolute Gasteiger partial charge is 0.350 e. The summed E-state index contributed by atoms with van der Waals surface area (Å²) in [6, 6.07) is 4.18. The van der Waals surface area contributed by atoms with Crippen molar-refractivity contribution in [2.24, 2.45) is 10.9 Å². The van der Waals surface area contributed by atoms with Gasteiger partial charge in [-0.05, 0) is 49.8 Å². The molecule has 2 unspecified atom stereocenters. The summed E-state index contributed by atoms with van der Waals surface area (Å²) in [5.41, 5.74) is 2.68. The summed E-state index contributed by atoms with van der Waals surface area (Å²) >= 11 is 0. The molecule has 2 aliphatic heterocycles. The van der Waals surface area contributed by atoms with Gasteiger partial charge in [-0.15, -0.1) is 0 Å². The van der Waals surface area contributed by atoms with Gasteiger partial charge in [-0.1, -0.05) is 12.1 Å². The predicted octanol–water partition coefficient (Wildman–Crippen LogP) is 2.19. The third-order valence-corrected chi connectivity index (χ3v) is 3.98. The van der Waals surface area contributed by atoms with E-state index in [1.54, 1.807) is 0 Å². The molecular formula is C16H20N4. The molecule has 1 aromatic heterocycles. The van der Waals surface area contributed by atoms with Gasteiger partial charge < -0.3 is 10.6 Å². The average Bonchev–Trinajstić information content (AvgIpc) is 2.93. The minimum Gasteiger partial charge on any atom is -0.350 e. The lowest BCUT2D eigenvalue weighted by Crippen LogP contribution is -2.30. The maximum atomic E-state index is 4.55. The van der Waals surface area contributed by atoms with Crippen LogP contribution in [0.15, 0.2) is 53.6 Å². The summed E-state index contributed by atoms with van der Waals surface area (Å²) in [6.07, 6.45) is 12.1. The second kappa shape index (κ2) is 6.01. The minimum absolute atomic E-state index is 0.385. The first-order chi connectivity index (χ1) is 9.90. The Morgan fingerprint density at radius 1 is 1.50 bits per heavy atom. The lowest BCUT2D eigenvalue weighted by molar-refractivity contribution is 0.606. The number of aromatic nitrogens is 1. The third kappa shape index (κ3) is 2.51. The van der Waals surface area contributed by atoms with Gasteiger partial charge in [0.2, 0.25) is 0 Å². The molecule has 0 aromatic carbocycles. The number of hydrogen-bond donors (Lipinski definition) is 2. The van der Waals surface area contributed by atoms with Crippen LogP contribution in [-0.2, 0) is 0 Å². The lowest BCUT2D eigenvalue weighted by atomic mass is 9.81. The topological polar surface area (TPSA) is 49.3 Å². The normalized spacial score (nSPS) is 21.8. The first-order valence-corrected chi connectivity index (χ1v) is 7.14. The van der Waals surface area contributed by atoms with Gasteiger partial charge in [0.15, 0.2) is 0 Å². The Labute approximate surface area is 119 Å². The lowest BCUT2D eigenvalue weighted by Gasteiger charge is -2.26. The zero-order chi connectivity index (χ0) is 13.8. The van der Waals surface area contributed by atoms with Gasteiger partial charge in [-0.3, -0.25) is 4.98 Å². The van der Waals surface area contributed by atoms with Gasteiger partial charge in [0.1, 0.15) is 5.84 Å². The number of fused-ring (bicyclic) bond motifs is 1. The fourth-order valence-electron chi connectivity index (χ4n) is 2.95. The maximum absolute atomic E-state index is 4.55. The van der Waals surface area contributed by atoms with Crippen LogP contribution < -0.4 is 10.6 Å². The maximum Gasteiger partial charge on any atom is 0.113 e. The number of amidine groups is 1. The highest BCUT2D eigenvalue weighted by Crippen LogP contribution is 2.37. The number of pyridine rings is 1. The van der Waals surface area contributed by atoms with Crippen LogP contribution in [0.4, 0.5) is 0 Å². The molecule has 0 amide bonds. The van der Waals surface area contributed by atoms with Gasteiger partial charge in [0.25, 0.3) is 0 Å². The van der Waals surface area contributed by atoms with Crippen LogP contribution in [0.2, 0.25) is 0 Å². The summed E-state index contributed by atoms with van der Waals surface area (Å²) in [4.78, 5) is 8.82. The Hall–Kier alpha value is -1.94. The summed E-state index contributed by atoms with van der Waals surface area (Å²) in [5.74, 6) is 1.87. The number of aliphatic imine (C=N–C) groups is 1. The molecule has 3 heterocycles. The highest BCUT2D eigenvalue weighted by molar-refractivity contribution is 5.91. The van der Waals surface area contributed by atoms with Crippen LogP contribution in [0.25, 0.3) is 0 Å². The summed E-state index contributed by atoms with van der Waals surface area (Å²) < 4.78 is 0. The second-order valence-electron chi connectivity index (χ2n) is 5.21. The van der Waals surface area contributed by atoms with Gasteiger partial charge in [-0.25, -0.2) is 4.99 Å². The van der Waals surface area contributed by atoms with Crippen LogP contribution in [0, 0.1) is 5.92 Å². The fraction of sp³-hybridized carbons (Fsp3) is 0.375. The molecule has 3 rings (SSSR count). The number of rotatable bonds is 5. The molecule has 4 nitrogen and oxygen atoms in total. The summed E-state index contributed by atoms with van der Waals surface area (Å²) in [7, 11) is 2.00. The van der Waals surface area contributed by atoms with Gasteiger partial charge >= 0.3 is 0 Å². The van der Waals surface area contributed by atoms with E-state index in [0.29, 0.717) is 11.8 Å². The molecule has 0 saturated carbocycles. The molecular weight excluding hydrogens is 248 g/mol. The van der Waals surface area contributed by atoms with Crippen LogP contribution >= 0.6 is 0 Å². The molecule has 0 radical (unpaired) electrons. The first kappa shape index (κ1) is 13.1. The highest BCUT2D eigenvalue weighted by Gasteiger charge is 2.31. The van der Waals surface area contributed by atoms with Crippen molar-refractivity contribution in [2.75, 3.05) is 13.6 Å². The Balaban J connectivity index is 1.85. The molecule has 0 fully saturated rings. The molecule has 2 N–H and O–H groups in total. The molecule has 4 heteroatoms. The average molecular weight is 268 g/mol. The molecule has 0 aliphatic carbocycles. The molecule has 0 bridgehead atoms. The van der Waals surface area contributed by atoms with Crippen molar-refractivity contribution in [1.29, 1.82) is 0 Å². The Bertz CT molecular complexity index is 545. The SMILES string of the molecule is CNCCC(C1=CN=C2NC=CCC12)c1cccnc1. The smallest absolute Gasteiger partial charge is 0.113 e. The Morgan fingerprint density at radius 3 is 3.25 bits per heavy atom. The second-order valence-corrected chi connectivity index (χ2v) is 5.21. The van der Waals surface area contributed by atoms with Crippen LogP contribution in [0.3, 0.4) is 0 Å². The van der Waals surface area contributed by atoms with Crippen molar-refractivity contribution in [3.8, 4) is 0 Å². The number of nitrogens with one attached hydrogen (secondary N) is 2. The van der Waals surface area contributed by atoms with E-state index < -0.39 is 0 Å². The van der Waals surface area contributed by atoms with Crippen molar-refractivity contribution >= 4 is 5.84 Å². The first-order valence-electron chi connectivity index (χ1n) is 7.14. The van der Waals surface area contributed by atoms with E-state index in [0.717, 1.165) is 25.2 Å². The van der Waals surface area contributed by atoms with E-state index in [4.69, 9.17) is 0 Å². The number of nitrogens with zero attached hydrogens (tertiary/aromatic N) is 2. The summed E-state index contributed by atoms with van der Waals surface area (Å²) in [5, 5.41) is 6.51. The van der Waals surface area contributed by atoms with Crippen LogP contribution in [0.1, 0.15) is 24.3 Å². The van der Waals surface area contributed by atoms with Crippen LogP contribution in [0.5, 0.6) is 0 Å². The monoisotopic (exact) mass is 268 g/mol. The van der Waals surface area contributed by atoms with Crippen molar-refractivity contribution in [3.63, 3.8) is 0 Å². The van der Waals surface area contributed by atoms with Crippen molar-refractivity contribution in [2.45, 2.75) is 18.8 Å². The van der Waals surface area contributed by atoms with Crippen molar-refractivity contribution in [1.82, 2.24) is 15.6 Å². The van der Waals surface area contributed by atoms with Gasteiger partial charge in [-0.2, -0.15) is 0 Å². The van der Waals surface area contributed by atoms with Crippen molar-refractivity contribution < 1.29 is 0 Å². The highest BCUT2D eigenvalue weighted by atomic mass is 15.0. The molecule has 104 valence electrons. The molecule has 0 spiro atoms. The van der Waals surface area contributed by atoms with E-state index >= 15 is 0 Å². The zero-order valence-corrected chi connectivity index (χ0v) is 11.7. The van der Waals surface area contributed by atoms with E-state index in [1.807, 2.05) is 37.9 Å². The predicted molar refractivity (Wildman–Crippen MR) is 81.4 cm³/mol. The molecule has 2 aliphatic rings. The standard InChI is InChI=1S/C16H20N4/c1-17-9-6-13(12-4-2-7-18-10-12)15-11-20-16-14(15)5-3-8-19-16/h2-4,7-8,10-11,13-14,17H,5-6,9H2,1H3,(H,19,20). The quantitative estimate of drug-likeness (QED) is 0.860. The zero-order valence-electron chi connectivity index (χ0n) is 11.7. The molecule has 1 aromatic rings.